The van der Waals surface area contributed by atoms with Crippen molar-refractivity contribution < 1.29 is 22.8 Å². The predicted octanol–water partition coefficient (Wildman–Crippen LogP) is 3.65. The van der Waals surface area contributed by atoms with Gasteiger partial charge in [-0.05, 0) is 6.07 Å². The van der Waals surface area contributed by atoms with Crippen LogP contribution in [0.4, 0.5) is 8.78 Å². The largest absolute Gasteiger partial charge is 0.468 e. The molecule has 106 valence electrons. The first-order valence-corrected chi connectivity index (χ1v) is 6.09. The third-order valence-corrected chi connectivity index (χ3v) is 3.01. The first kappa shape index (κ1) is 14.5. The van der Waals surface area contributed by atoms with Gasteiger partial charge in [-0.2, -0.15) is 0 Å². The summed E-state index contributed by atoms with van der Waals surface area (Å²) in [5, 5.41) is 4.04. The molecule has 0 aliphatic rings. The van der Waals surface area contributed by atoms with Gasteiger partial charge in [-0.25, -0.2) is 8.78 Å². The fraction of sp³-hybridized carbons (Fsp3) is 0.231. The average Bonchev–Trinajstić information content (AvgIpc) is 2.83. The van der Waals surface area contributed by atoms with Crippen molar-refractivity contribution in [1.82, 2.24) is 5.16 Å². The summed E-state index contributed by atoms with van der Waals surface area (Å²) in [5.41, 5.74) is 0.918. The number of nitrogens with zero attached hydrogens (tertiary/aromatic N) is 1. The van der Waals surface area contributed by atoms with Crippen LogP contribution in [0.2, 0.25) is 5.02 Å². The molecule has 0 radical (unpaired) electrons. The topological polar surface area (TPSA) is 52.3 Å². The summed E-state index contributed by atoms with van der Waals surface area (Å²) in [6.07, 6.45) is -2.73. The van der Waals surface area contributed by atoms with Gasteiger partial charge in [0.05, 0.1) is 11.6 Å². The Labute approximate surface area is 118 Å². The van der Waals surface area contributed by atoms with Crippen molar-refractivity contribution in [1.29, 1.82) is 0 Å². The number of hydrogen-bond acceptors (Lipinski definition) is 4. The van der Waals surface area contributed by atoms with Crippen LogP contribution >= 0.6 is 11.6 Å². The summed E-state index contributed by atoms with van der Waals surface area (Å²) >= 11 is 6.02. The fourth-order valence-electron chi connectivity index (χ4n) is 1.81. The fourth-order valence-corrected chi connectivity index (χ4v) is 2.03. The summed E-state index contributed by atoms with van der Waals surface area (Å²) in [6, 6.07) is 6.71. The third-order valence-electron chi connectivity index (χ3n) is 2.68. The molecule has 0 unspecified atom stereocenters. The van der Waals surface area contributed by atoms with Crippen molar-refractivity contribution in [3.63, 3.8) is 0 Å². The van der Waals surface area contributed by atoms with Gasteiger partial charge in [-0.1, -0.05) is 35.0 Å². The van der Waals surface area contributed by atoms with Crippen molar-refractivity contribution in [2.45, 2.75) is 12.8 Å². The van der Waals surface area contributed by atoms with Crippen LogP contribution in [0.5, 0.6) is 0 Å². The quantitative estimate of drug-likeness (QED) is 0.603. The molecular formula is C13H10ClF2NO3. The highest BCUT2D eigenvalue weighted by Crippen LogP contribution is 2.34. The number of halogens is 3. The molecule has 2 rings (SSSR count). The Bertz CT molecular complexity index is 601. The first-order valence-electron chi connectivity index (χ1n) is 5.72. The van der Waals surface area contributed by atoms with E-state index < -0.39 is 12.2 Å². The number of benzene rings is 1. The maximum absolute atomic E-state index is 12.9. The number of aromatic nitrogens is 1. The van der Waals surface area contributed by atoms with Gasteiger partial charge < -0.3 is 9.26 Å². The molecule has 0 atom stereocenters. The monoisotopic (exact) mass is 301 g/mol. The summed E-state index contributed by atoms with van der Waals surface area (Å²) in [6.45, 7) is 0.215. The lowest BCUT2D eigenvalue weighted by atomic mass is 10.0. The molecule has 0 saturated heterocycles. The van der Waals surface area contributed by atoms with E-state index in [1.807, 2.05) is 0 Å². The number of hydrogen-bond donors (Lipinski definition) is 0. The van der Waals surface area contributed by atoms with Gasteiger partial charge in [0.15, 0.2) is 0 Å². The van der Waals surface area contributed by atoms with E-state index in [1.165, 1.54) is 0 Å². The van der Waals surface area contributed by atoms with E-state index in [4.69, 9.17) is 16.1 Å². The summed E-state index contributed by atoms with van der Waals surface area (Å²) < 4.78 is 35.0. The molecule has 1 aromatic carbocycles. The maximum Gasteiger partial charge on any atom is 0.298 e. The van der Waals surface area contributed by atoms with Crippen LogP contribution in [0.3, 0.4) is 0 Å². The molecule has 1 heterocycles. The standard InChI is InChI=1S/C13H10ClF2NO3/c14-10-4-2-1-3-8(10)11-9(5-6-19-7-18)12(13(15)16)20-17-11/h1-4,7,13H,5-6H2. The van der Waals surface area contributed by atoms with Crippen LogP contribution in [0.25, 0.3) is 11.3 Å². The number of carbonyl (C=O) groups excluding carboxylic acids is 1. The summed E-state index contributed by atoms with van der Waals surface area (Å²) in [7, 11) is 0. The maximum atomic E-state index is 12.9. The van der Waals surface area contributed by atoms with Crippen LogP contribution in [0, 0.1) is 0 Å². The first-order chi connectivity index (χ1) is 9.65. The molecule has 0 aliphatic carbocycles. The predicted molar refractivity (Wildman–Crippen MR) is 67.6 cm³/mol. The van der Waals surface area contributed by atoms with E-state index in [2.05, 4.69) is 9.89 Å². The smallest absolute Gasteiger partial charge is 0.298 e. The summed E-state index contributed by atoms with van der Waals surface area (Å²) in [5.74, 6) is -0.533. The Morgan fingerprint density at radius 3 is 2.80 bits per heavy atom. The lowest BCUT2D eigenvalue weighted by Gasteiger charge is -2.05. The van der Waals surface area contributed by atoms with E-state index >= 15 is 0 Å². The Hall–Kier alpha value is -1.95. The lowest BCUT2D eigenvalue weighted by molar-refractivity contribution is -0.128. The van der Waals surface area contributed by atoms with E-state index in [0.717, 1.165) is 0 Å². The second-order valence-electron chi connectivity index (χ2n) is 3.87. The van der Waals surface area contributed by atoms with Gasteiger partial charge in [-0.3, -0.25) is 4.79 Å². The zero-order valence-corrected chi connectivity index (χ0v) is 10.9. The third kappa shape index (κ3) is 2.96. The van der Waals surface area contributed by atoms with Crippen LogP contribution in [-0.2, 0) is 16.0 Å². The average molecular weight is 302 g/mol. The number of carbonyl (C=O) groups is 1. The second kappa shape index (κ2) is 6.47. The molecule has 0 fully saturated rings. The zero-order chi connectivity index (χ0) is 14.5. The second-order valence-corrected chi connectivity index (χ2v) is 4.28. The number of rotatable bonds is 6. The van der Waals surface area contributed by atoms with Crippen LogP contribution in [0.1, 0.15) is 17.7 Å². The zero-order valence-electron chi connectivity index (χ0n) is 10.2. The summed E-state index contributed by atoms with van der Waals surface area (Å²) in [4.78, 5) is 10.1. The molecule has 2 aromatic rings. The van der Waals surface area contributed by atoms with E-state index in [0.29, 0.717) is 10.6 Å². The minimum absolute atomic E-state index is 0.0398. The normalized spacial score (nSPS) is 10.8. The van der Waals surface area contributed by atoms with E-state index in [1.54, 1.807) is 24.3 Å². The van der Waals surface area contributed by atoms with Crippen molar-refractivity contribution in [2.75, 3.05) is 6.61 Å². The highest BCUT2D eigenvalue weighted by molar-refractivity contribution is 6.33. The van der Waals surface area contributed by atoms with Gasteiger partial charge >= 0.3 is 0 Å². The lowest BCUT2D eigenvalue weighted by Crippen LogP contribution is -2.00. The molecule has 0 aliphatic heterocycles. The van der Waals surface area contributed by atoms with Gasteiger partial charge in [-0.15, -0.1) is 0 Å². The minimum Gasteiger partial charge on any atom is -0.468 e. The van der Waals surface area contributed by atoms with Gasteiger partial charge in [0.1, 0.15) is 5.69 Å². The van der Waals surface area contributed by atoms with Crippen LogP contribution in [-0.4, -0.2) is 18.2 Å². The molecule has 20 heavy (non-hydrogen) atoms. The van der Waals surface area contributed by atoms with Crippen molar-refractivity contribution in [3.8, 4) is 11.3 Å². The molecule has 7 heteroatoms. The Morgan fingerprint density at radius 2 is 2.15 bits per heavy atom. The molecule has 0 bridgehead atoms. The molecule has 4 nitrogen and oxygen atoms in total. The molecule has 1 aromatic heterocycles. The van der Waals surface area contributed by atoms with E-state index in [-0.39, 0.29) is 30.8 Å². The van der Waals surface area contributed by atoms with Crippen LogP contribution in [0.15, 0.2) is 28.8 Å². The van der Waals surface area contributed by atoms with Gasteiger partial charge in [0.2, 0.25) is 5.76 Å². The van der Waals surface area contributed by atoms with Crippen molar-refractivity contribution >= 4 is 18.1 Å². The van der Waals surface area contributed by atoms with E-state index in [9.17, 15) is 13.6 Å². The highest BCUT2D eigenvalue weighted by Gasteiger charge is 2.25. The Balaban J connectivity index is 2.42. The molecule has 0 N–H and O–H groups in total. The van der Waals surface area contributed by atoms with Gasteiger partial charge in [0.25, 0.3) is 12.9 Å². The highest BCUT2D eigenvalue weighted by atomic mass is 35.5. The molecular weight excluding hydrogens is 292 g/mol. The Morgan fingerprint density at radius 1 is 1.40 bits per heavy atom. The SMILES string of the molecule is O=COCCc1c(-c2ccccc2Cl)noc1C(F)F. The van der Waals surface area contributed by atoms with Crippen molar-refractivity contribution in [2.24, 2.45) is 0 Å². The minimum atomic E-state index is -2.80. The number of alkyl halides is 2. The Kier molecular flexibility index (Phi) is 4.68. The molecule has 0 saturated carbocycles. The van der Waals surface area contributed by atoms with Gasteiger partial charge in [0, 0.05) is 17.5 Å². The van der Waals surface area contributed by atoms with Crippen molar-refractivity contribution in [3.05, 3.63) is 40.6 Å². The molecule has 0 spiro atoms. The molecule has 0 amide bonds. The number of ether oxygens (including phenoxy) is 1. The van der Waals surface area contributed by atoms with Crippen LogP contribution < -0.4 is 0 Å².